The number of aromatic nitrogens is 1. The molecule has 0 radical (unpaired) electrons. The van der Waals surface area contributed by atoms with Gasteiger partial charge in [-0.3, -0.25) is 20.0 Å². The maximum absolute atomic E-state index is 12.7. The summed E-state index contributed by atoms with van der Waals surface area (Å²) in [6.07, 6.45) is 2.38. The number of nitrogens with one attached hydrogen (secondary N) is 2. The topological polar surface area (TPSA) is 125 Å². The minimum Gasteiger partial charge on any atom is -0.439 e. The summed E-state index contributed by atoms with van der Waals surface area (Å²) >= 11 is 1.33. The first kappa shape index (κ1) is 23.5. The van der Waals surface area contributed by atoms with Crippen molar-refractivity contribution in [1.82, 2.24) is 10.3 Å². The fraction of sp³-hybridized carbons (Fsp3) is 0.200. The van der Waals surface area contributed by atoms with Crippen molar-refractivity contribution in [3.63, 3.8) is 0 Å². The average molecular weight is 476 g/mol. The Kier molecular flexibility index (Phi) is 7.27. The van der Waals surface area contributed by atoms with Gasteiger partial charge in [0.15, 0.2) is 17.8 Å². The van der Waals surface area contributed by atoms with Gasteiger partial charge < -0.3 is 20.4 Å². The number of anilines is 1. The summed E-state index contributed by atoms with van der Waals surface area (Å²) in [5.74, 6) is 0.562. The second kappa shape index (κ2) is 10.5. The van der Waals surface area contributed by atoms with Crippen LogP contribution in [0, 0.1) is 5.41 Å². The van der Waals surface area contributed by atoms with E-state index in [0.29, 0.717) is 38.6 Å². The number of nitrogens with zero attached hydrogens (tertiary/aromatic N) is 2. The van der Waals surface area contributed by atoms with Crippen molar-refractivity contribution < 1.29 is 9.21 Å². The number of hydrogen-bond acceptors (Lipinski definition) is 9. The molecule has 4 N–H and O–H groups in total. The minimum absolute atomic E-state index is 0.0696. The maximum Gasteiger partial charge on any atom is 0.204 e. The molecular weight excluding hydrogens is 450 g/mol. The van der Waals surface area contributed by atoms with Gasteiger partial charge in [-0.2, -0.15) is 0 Å². The summed E-state index contributed by atoms with van der Waals surface area (Å²) in [6.45, 7) is 3.22. The predicted molar refractivity (Wildman–Crippen MR) is 137 cm³/mol. The Balaban J connectivity index is 0.00000133. The molecule has 1 fully saturated rings. The molecule has 1 aromatic carbocycles. The van der Waals surface area contributed by atoms with E-state index < -0.39 is 0 Å². The van der Waals surface area contributed by atoms with E-state index in [9.17, 15) is 9.59 Å². The predicted octanol–water partition coefficient (Wildman–Crippen LogP) is 3.13. The van der Waals surface area contributed by atoms with Crippen LogP contribution >= 0.6 is 11.3 Å². The number of thiophene rings is 1. The Bertz CT molecular complexity index is 1390. The highest BCUT2D eigenvalue weighted by Crippen LogP contribution is 2.34. The number of piperazine rings is 1. The molecule has 9 heteroatoms. The molecule has 34 heavy (non-hydrogen) atoms. The molecule has 1 aliphatic heterocycles. The minimum atomic E-state index is -0.0696. The normalized spacial score (nSPS) is 13.3. The van der Waals surface area contributed by atoms with Crippen LogP contribution in [0.2, 0.25) is 0 Å². The van der Waals surface area contributed by atoms with E-state index in [1.165, 1.54) is 18.4 Å². The number of fused-ring (bicyclic) bond motifs is 1. The van der Waals surface area contributed by atoms with Gasteiger partial charge in [-0.25, -0.2) is 0 Å². The summed E-state index contributed by atoms with van der Waals surface area (Å²) in [6, 6.07) is 12.1. The molecular formula is C25H25N5O3S. The van der Waals surface area contributed by atoms with Gasteiger partial charge in [0.1, 0.15) is 4.70 Å². The summed E-state index contributed by atoms with van der Waals surface area (Å²) in [5.41, 5.74) is 8.16. The van der Waals surface area contributed by atoms with E-state index in [4.69, 9.17) is 9.83 Å². The highest BCUT2D eigenvalue weighted by atomic mass is 32.1. The van der Waals surface area contributed by atoms with E-state index in [1.807, 2.05) is 5.38 Å². The van der Waals surface area contributed by atoms with Gasteiger partial charge in [0, 0.05) is 60.5 Å². The number of carbonyl (C=O) groups is 1. The highest BCUT2D eigenvalue weighted by Gasteiger charge is 2.19. The smallest absolute Gasteiger partial charge is 0.204 e. The van der Waals surface area contributed by atoms with Crippen LogP contribution in [0.1, 0.15) is 21.5 Å². The second-order valence-corrected chi connectivity index (χ2v) is 8.38. The van der Waals surface area contributed by atoms with Gasteiger partial charge >= 0.3 is 0 Å². The van der Waals surface area contributed by atoms with Crippen LogP contribution in [0.3, 0.4) is 0 Å². The zero-order chi connectivity index (χ0) is 24.1. The number of carbonyl (C=O) groups excluding carboxylic acids is 1. The summed E-state index contributed by atoms with van der Waals surface area (Å²) in [4.78, 5) is 30.7. The van der Waals surface area contributed by atoms with Gasteiger partial charge in [0.2, 0.25) is 5.43 Å². The molecule has 0 amide bonds. The van der Waals surface area contributed by atoms with Crippen molar-refractivity contribution >= 4 is 39.5 Å². The molecule has 0 saturated carbocycles. The summed E-state index contributed by atoms with van der Waals surface area (Å²) in [7, 11) is 1.50. The molecule has 5 rings (SSSR count). The molecule has 0 bridgehead atoms. The molecule has 4 aromatic rings. The number of aldehydes is 1. The third-order valence-corrected chi connectivity index (χ3v) is 6.52. The summed E-state index contributed by atoms with van der Waals surface area (Å²) < 4.78 is 6.75. The summed E-state index contributed by atoms with van der Waals surface area (Å²) in [5, 5.41) is 13.8. The fourth-order valence-corrected chi connectivity index (χ4v) is 4.76. The molecule has 3 aromatic heterocycles. The maximum atomic E-state index is 12.7. The van der Waals surface area contributed by atoms with Crippen LogP contribution in [0.5, 0.6) is 0 Å². The van der Waals surface area contributed by atoms with E-state index in [2.05, 4.69) is 20.9 Å². The molecule has 1 saturated heterocycles. The molecule has 0 spiro atoms. The van der Waals surface area contributed by atoms with Gasteiger partial charge in [0.05, 0.1) is 17.0 Å². The largest absolute Gasteiger partial charge is 0.439 e. The molecule has 0 unspecified atom stereocenters. The van der Waals surface area contributed by atoms with E-state index in [-0.39, 0.29) is 11.1 Å². The van der Waals surface area contributed by atoms with Crippen molar-refractivity contribution in [3.05, 3.63) is 81.0 Å². The quantitative estimate of drug-likeness (QED) is 0.299. The van der Waals surface area contributed by atoms with Gasteiger partial charge in [-0.1, -0.05) is 24.3 Å². The van der Waals surface area contributed by atoms with Crippen molar-refractivity contribution in [2.45, 2.75) is 0 Å². The third-order valence-electron chi connectivity index (χ3n) is 5.54. The van der Waals surface area contributed by atoms with Crippen molar-refractivity contribution in [2.75, 3.05) is 38.1 Å². The number of benzene rings is 1. The average Bonchev–Trinajstić information content (AvgIpc) is 3.35. The van der Waals surface area contributed by atoms with Gasteiger partial charge in [-0.05, 0) is 19.2 Å². The lowest BCUT2D eigenvalue weighted by atomic mass is 9.98. The number of nitrogens with two attached hydrogens (primary N) is 1. The lowest BCUT2D eigenvalue weighted by molar-refractivity contribution is 0.112. The van der Waals surface area contributed by atoms with Crippen LogP contribution < -0.4 is 21.4 Å². The molecule has 174 valence electrons. The number of pyridine rings is 1. The lowest BCUT2D eigenvalue weighted by Gasteiger charge is -2.27. The van der Waals surface area contributed by atoms with Gasteiger partial charge in [-0.15, -0.1) is 11.3 Å². The molecule has 4 heterocycles. The Morgan fingerprint density at radius 1 is 1.21 bits per heavy atom. The molecule has 0 aliphatic carbocycles. The van der Waals surface area contributed by atoms with Crippen molar-refractivity contribution in [3.8, 4) is 11.3 Å². The van der Waals surface area contributed by atoms with E-state index in [1.54, 1.807) is 48.7 Å². The van der Waals surface area contributed by atoms with Crippen LogP contribution in [0.25, 0.3) is 21.5 Å². The van der Waals surface area contributed by atoms with E-state index >= 15 is 0 Å². The zero-order valence-corrected chi connectivity index (χ0v) is 19.5. The van der Waals surface area contributed by atoms with Crippen LogP contribution in [-0.2, 0) is 0 Å². The van der Waals surface area contributed by atoms with Crippen molar-refractivity contribution in [2.24, 2.45) is 5.73 Å². The van der Waals surface area contributed by atoms with E-state index in [0.717, 1.165) is 38.0 Å². The number of hydrogen-bond donors (Lipinski definition) is 3. The second-order valence-electron chi connectivity index (χ2n) is 7.50. The van der Waals surface area contributed by atoms with Crippen LogP contribution in [-0.4, -0.2) is 50.2 Å². The monoisotopic (exact) mass is 475 g/mol. The van der Waals surface area contributed by atoms with Crippen molar-refractivity contribution in [1.29, 1.82) is 5.41 Å². The Morgan fingerprint density at radius 3 is 2.74 bits per heavy atom. The first-order valence-corrected chi connectivity index (χ1v) is 11.7. The molecule has 8 nitrogen and oxygen atoms in total. The molecule has 0 atom stereocenters. The SMILES string of the molecule is CN.N=C(c1ccnc(-c2csc3c(=O)cc(N4CCNCC4)oc23)c1)c1ccccc1C=O. The number of rotatable bonds is 5. The lowest BCUT2D eigenvalue weighted by Crippen LogP contribution is -2.43. The standard InChI is InChI=1S/C24H20N4O3S.CH5N/c25-22(17-4-2-1-3-16(17)13-29)15-5-6-27-19(11-15)18-14-32-24-20(30)12-21(31-23(18)24)28-9-7-26-8-10-28;1-2/h1-6,11-14,25-26H,7-10H2;2H2,1H3. The van der Waals surface area contributed by atoms with Crippen LogP contribution in [0.15, 0.2) is 63.3 Å². The first-order chi connectivity index (χ1) is 16.7. The Morgan fingerprint density at radius 2 is 1.97 bits per heavy atom. The Labute approximate surface area is 200 Å². The first-order valence-electron chi connectivity index (χ1n) is 10.8. The third kappa shape index (κ3) is 4.54. The Hall–Kier alpha value is -3.66. The fourth-order valence-electron chi connectivity index (χ4n) is 3.86. The van der Waals surface area contributed by atoms with Crippen LogP contribution in [0.4, 0.5) is 5.88 Å². The highest BCUT2D eigenvalue weighted by molar-refractivity contribution is 7.17. The zero-order valence-electron chi connectivity index (χ0n) is 18.7. The molecule has 1 aliphatic rings. The van der Waals surface area contributed by atoms with Gasteiger partial charge in [0.25, 0.3) is 0 Å².